The molecule has 1 aliphatic heterocycles. The zero-order valence-electron chi connectivity index (χ0n) is 12.9. The third-order valence-corrected chi connectivity index (χ3v) is 3.19. The van der Waals surface area contributed by atoms with E-state index in [0.29, 0.717) is 19.5 Å². The van der Waals surface area contributed by atoms with Crippen LogP contribution in [0.25, 0.3) is 0 Å². The van der Waals surface area contributed by atoms with Crippen LogP contribution in [0.1, 0.15) is 40.0 Å². The number of carbonyl (C=O) groups excluding carboxylic acids is 2. The molecule has 0 aromatic rings. The first-order valence-electron chi connectivity index (χ1n) is 7.32. The lowest BCUT2D eigenvalue weighted by molar-refractivity contribution is -0.123. The summed E-state index contributed by atoms with van der Waals surface area (Å²) in [6.45, 7) is 8.33. The predicted molar refractivity (Wildman–Crippen MR) is 79.2 cm³/mol. The van der Waals surface area contributed by atoms with Crippen molar-refractivity contribution in [3.05, 3.63) is 0 Å². The number of carbonyl (C=O) groups is 2. The molecule has 20 heavy (non-hydrogen) atoms. The zero-order chi connectivity index (χ0) is 15.2. The minimum atomic E-state index is -0.229. The quantitative estimate of drug-likeness (QED) is 0.654. The van der Waals surface area contributed by atoms with Gasteiger partial charge in [0.05, 0.1) is 6.54 Å². The van der Waals surface area contributed by atoms with Crippen molar-refractivity contribution < 1.29 is 9.59 Å². The van der Waals surface area contributed by atoms with Crippen molar-refractivity contribution in [2.75, 3.05) is 26.2 Å². The van der Waals surface area contributed by atoms with E-state index in [0.717, 1.165) is 25.9 Å². The molecule has 0 atom stereocenters. The largest absolute Gasteiger partial charge is 0.354 e. The van der Waals surface area contributed by atoms with Crippen LogP contribution < -0.4 is 16.4 Å². The van der Waals surface area contributed by atoms with Crippen molar-refractivity contribution >= 4 is 11.8 Å². The average molecular weight is 284 g/mol. The van der Waals surface area contributed by atoms with Gasteiger partial charge in [0.25, 0.3) is 0 Å². The Bertz CT molecular complexity index is 331. The van der Waals surface area contributed by atoms with Gasteiger partial charge in [0.15, 0.2) is 0 Å². The molecule has 0 saturated carbocycles. The summed E-state index contributed by atoms with van der Waals surface area (Å²) in [6, 6.07) is 0.274. The fourth-order valence-electron chi connectivity index (χ4n) is 2.17. The molecule has 6 heteroatoms. The zero-order valence-corrected chi connectivity index (χ0v) is 12.9. The molecule has 1 fully saturated rings. The van der Waals surface area contributed by atoms with Gasteiger partial charge in [-0.15, -0.1) is 0 Å². The molecule has 1 saturated heterocycles. The number of hydrogen-bond donors (Lipinski definition) is 3. The standard InChI is InChI=1S/C14H28N4O2/c1-14(2,3)17-12(19)4-7-16-13(20)10-18-8-5-11(15)6-9-18/h11H,4-10,15H2,1-3H3,(H,16,20)(H,17,19). The molecule has 0 aromatic heterocycles. The molecule has 6 nitrogen and oxygen atoms in total. The van der Waals surface area contributed by atoms with E-state index in [4.69, 9.17) is 5.73 Å². The van der Waals surface area contributed by atoms with E-state index in [1.807, 2.05) is 20.8 Å². The maximum atomic E-state index is 11.7. The van der Waals surface area contributed by atoms with Crippen LogP contribution in [0.4, 0.5) is 0 Å². The number of nitrogens with zero attached hydrogens (tertiary/aromatic N) is 1. The maximum absolute atomic E-state index is 11.7. The van der Waals surface area contributed by atoms with Crippen molar-refractivity contribution in [2.24, 2.45) is 5.73 Å². The summed E-state index contributed by atoms with van der Waals surface area (Å²) in [6.07, 6.45) is 2.20. The molecular formula is C14H28N4O2. The Morgan fingerprint density at radius 1 is 1.20 bits per heavy atom. The maximum Gasteiger partial charge on any atom is 0.234 e. The Labute approximate surface area is 121 Å². The van der Waals surface area contributed by atoms with Gasteiger partial charge < -0.3 is 16.4 Å². The highest BCUT2D eigenvalue weighted by Gasteiger charge is 2.18. The van der Waals surface area contributed by atoms with Crippen LogP contribution in [-0.4, -0.2) is 54.5 Å². The molecule has 0 aliphatic carbocycles. The van der Waals surface area contributed by atoms with Crippen LogP contribution >= 0.6 is 0 Å². The second-order valence-corrected chi connectivity index (χ2v) is 6.51. The molecule has 0 bridgehead atoms. The van der Waals surface area contributed by atoms with Crippen LogP contribution in [-0.2, 0) is 9.59 Å². The van der Waals surface area contributed by atoms with Gasteiger partial charge in [0, 0.05) is 37.6 Å². The molecular weight excluding hydrogens is 256 g/mol. The molecule has 116 valence electrons. The van der Waals surface area contributed by atoms with Gasteiger partial charge in [-0.3, -0.25) is 14.5 Å². The lowest BCUT2D eigenvalue weighted by Gasteiger charge is -2.29. The molecule has 1 aliphatic rings. The normalized spacial score (nSPS) is 17.8. The lowest BCUT2D eigenvalue weighted by Crippen LogP contribution is -2.45. The molecule has 2 amide bonds. The first kappa shape index (κ1) is 16.9. The number of piperidine rings is 1. The van der Waals surface area contributed by atoms with Crippen LogP contribution in [0.5, 0.6) is 0 Å². The molecule has 0 radical (unpaired) electrons. The Balaban J connectivity index is 2.13. The average Bonchev–Trinajstić information content (AvgIpc) is 2.29. The van der Waals surface area contributed by atoms with Gasteiger partial charge in [-0.05, 0) is 33.6 Å². The summed E-state index contributed by atoms with van der Waals surface area (Å²) in [7, 11) is 0. The van der Waals surface area contributed by atoms with Gasteiger partial charge in [-0.1, -0.05) is 0 Å². The first-order chi connectivity index (χ1) is 9.26. The summed E-state index contributed by atoms with van der Waals surface area (Å²) in [5, 5.41) is 5.65. The minimum absolute atomic E-state index is 0.0240. The molecule has 1 rings (SSSR count). The lowest BCUT2D eigenvalue weighted by atomic mass is 10.1. The minimum Gasteiger partial charge on any atom is -0.354 e. The summed E-state index contributed by atoms with van der Waals surface area (Å²) in [5.41, 5.74) is 5.59. The molecule has 4 N–H and O–H groups in total. The number of likely N-dealkylation sites (tertiary alicyclic amines) is 1. The summed E-state index contributed by atoms with van der Waals surface area (Å²) < 4.78 is 0. The van der Waals surface area contributed by atoms with E-state index in [1.165, 1.54) is 0 Å². The molecule has 1 heterocycles. The van der Waals surface area contributed by atoms with E-state index in [-0.39, 0.29) is 23.4 Å². The van der Waals surface area contributed by atoms with E-state index in [2.05, 4.69) is 15.5 Å². The molecule has 0 aromatic carbocycles. The molecule has 0 unspecified atom stereocenters. The van der Waals surface area contributed by atoms with Crippen molar-refractivity contribution in [2.45, 2.75) is 51.6 Å². The van der Waals surface area contributed by atoms with Gasteiger partial charge in [0.1, 0.15) is 0 Å². The highest BCUT2D eigenvalue weighted by atomic mass is 16.2. The topological polar surface area (TPSA) is 87.5 Å². The fourth-order valence-corrected chi connectivity index (χ4v) is 2.17. The smallest absolute Gasteiger partial charge is 0.234 e. The SMILES string of the molecule is CC(C)(C)NC(=O)CCNC(=O)CN1CCC(N)CC1. The Morgan fingerprint density at radius 3 is 2.35 bits per heavy atom. The third-order valence-electron chi connectivity index (χ3n) is 3.19. The van der Waals surface area contributed by atoms with Crippen molar-refractivity contribution in [3.8, 4) is 0 Å². The highest BCUT2D eigenvalue weighted by Crippen LogP contribution is 2.07. The predicted octanol–water partition coefficient (Wildman–Crippen LogP) is -0.169. The number of amides is 2. The number of rotatable bonds is 5. The molecule has 0 spiro atoms. The van der Waals surface area contributed by atoms with E-state index in [1.54, 1.807) is 0 Å². The van der Waals surface area contributed by atoms with Crippen molar-refractivity contribution in [1.29, 1.82) is 0 Å². The van der Waals surface area contributed by atoms with Gasteiger partial charge in [-0.2, -0.15) is 0 Å². The summed E-state index contributed by atoms with van der Waals surface area (Å²) >= 11 is 0. The van der Waals surface area contributed by atoms with Gasteiger partial charge in [0.2, 0.25) is 11.8 Å². The van der Waals surface area contributed by atoms with Crippen LogP contribution in [0.15, 0.2) is 0 Å². The van der Waals surface area contributed by atoms with Crippen LogP contribution in [0.3, 0.4) is 0 Å². The second-order valence-electron chi connectivity index (χ2n) is 6.51. The van der Waals surface area contributed by atoms with E-state index in [9.17, 15) is 9.59 Å². The fraction of sp³-hybridized carbons (Fsp3) is 0.857. The van der Waals surface area contributed by atoms with Gasteiger partial charge >= 0.3 is 0 Å². The Morgan fingerprint density at radius 2 is 1.80 bits per heavy atom. The van der Waals surface area contributed by atoms with Crippen molar-refractivity contribution in [3.63, 3.8) is 0 Å². The summed E-state index contributed by atoms with van der Waals surface area (Å²) in [5.74, 6) is -0.0641. The van der Waals surface area contributed by atoms with E-state index < -0.39 is 0 Å². The highest BCUT2D eigenvalue weighted by molar-refractivity contribution is 5.80. The van der Waals surface area contributed by atoms with Crippen molar-refractivity contribution in [1.82, 2.24) is 15.5 Å². The monoisotopic (exact) mass is 284 g/mol. The number of hydrogen-bond acceptors (Lipinski definition) is 4. The first-order valence-corrected chi connectivity index (χ1v) is 7.32. The number of nitrogens with one attached hydrogen (secondary N) is 2. The summed E-state index contributed by atoms with van der Waals surface area (Å²) in [4.78, 5) is 25.4. The van der Waals surface area contributed by atoms with Crippen LogP contribution in [0.2, 0.25) is 0 Å². The van der Waals surface area contributed by atoms with E-state index >= 15 is 0 Å². The Kier molecular flexibility index (Phi) is 6.42. The third kappa shape index (κ3) is 7.45. The van der Waals surface area contributed by atoms with Gasteiger partial charge in [-0.25, -0.2) is 0 Å². The number of nitrogens with two attached hydrogens (primary N) is 1. The second kappa shape index (κ2) is 7.59. The Hall–Kier alpha value is -1.14. The van der Waals surface area contributed by atoms with Crippen LogP contribution in [0, 0.1) is 0 Å².